The number of aromatic nitrogens is 1. The molecule has 8 nitrogen and oxygen atoms in total. The van der Waals surface area contributed by atoms with E-state index in [0.717, 1.165) is 11.3 Å². The third-order valence-electron chi connectivity index (χ3n) is 6.02. The van der Waals surface area contributed by atoms with Gasteiger partial charge in [-0.3, -0.25) is 9.36 Å². The molecule has 2 aromatic carbocycles. The molecular weight excluding hydrogens is 432 g/mol. The van der Waals surface area contributed by atoms with Gasteiger partial charge in [-0.2, -0.15) is 0 Å². The quantitative estimate of drug-likeness (QED) is 0.649. The molecular formula is C23H20N2O6S. The Morgan fingerprint density at radius 1 is 1.03 bits per heavy atom. The zero-order chi connectivity index (χ0) is 22.6. The minimum absolute atomic E-state index is 0.0803. The molecule has 1 saturated heterocycles. The van der Waals surface area contributed by atoms with E-state index in [1.54, 1.807) is 11.1 Å². The second-order valence-corrected chi connectivity index (χ2v) is 10.00. The summed E-state index contributed by atoms with van der Waals surface area (Å²) in [5, 5.41) is 8.35. The van der Waals surface area contributed by atoms with Gasteiger partial charge in [0.25, 0.3) is 5.91 Å². The zero-order valence-corrected chi connectivity index (χ0v) is 18.0. The van der Waals surface area contributed by atoms with Crippen molar-refractivity contribution in [3.63, 3.8) is 0 Å². The van der Waals surface area contributed by atoms with E-state index in [-0.39, 0.29) is 17.2 Å². The van der Waals surface area contributed by atoms with Crippen molar-refractivity contribution in [1.82, 2.24) is 4.57 Å². The van der Waals surface area contributed by atoms with Gasteiger partial charge in [0.1, 0.15) is 6.10 Å². The van der Waals surface area contributed by atoms with E-state index >= 15 is 0 Å². The van der Waals surface area contributed by atoms with Crippen molar-refractivity contribution >= 4 is 27.4 Å². The smallest absolute Gasteiger partial charge is 0.335 e. The number of methoxy groups -OCH3 is 1. The number of nitrogens with zero attached hydrogens (tertiary/aromatic N) is 2. The Bertz CT molecular complexity index is 1330. The predicted octanol–water partition coefficient (Wildman–Crippen LogP) is 2.63. The molecule has 1 fully saturated rings. The minimum Gasteiger partial charge on any atom is -0.478 e. The molecule has 164 valence electrons. The van der Waals surface area contributed by atoms with E-state index < -0.39 is 27.3 Å². The number of carboxylic acid groups (broad SMARTS) is 1. The largest absolute Gasteiger partial charge is 0.478 e. The van der Waals surface area contributed by atoms with Gasteiger partial charge >= 0.3 is 5.97 Å². The van der Waals surface area contributed by atoms with Crippen LogP contribution in [0.15, 0.2) is 60.8 Å². The average Bonchev–Trinajstić information content (AvgIpc) is 3.11. The van der Waals surface area contributed by atoms with Crippen molar-refractivity contribution < 1.29 is 27.9 Å². The van der Waals surface area contributed by atoms with Crippen molar-refractivity contribution in [1.29, 1.82) is 0 Å². The second kappa shape index (κ2) is 7.32. The summed E-state index contributed by atoms with van der Waals surface area (Å²) >= 11 is 0. The first-order valence-corrected chi connectivity index (χ1v) is 11.7. The van der Waals surface area contributed by atoms with E-state index in [4.69, 9.17) is 9.84 Å². The van der Waals surface area contributed by atoms with Gasteiger partial charge in [0.05, 0.1) is 22.7 Å². The molecule has 9 heteroatoms. The highest BCUT2D eigenvalue weighted by Crippen LogP contribution is 2.47. The summed E-state index contributed by atoms with van der Waals surface area (Å²) in [4.78, 5) is 26.4. The number of sulfone groups is 1. The normalized spacial score (nSPS) is 20.7. The molecule has 2 unspecified atom stereocenters. The van der Waals surface area contributed by atoms with Crippen molar-refractivity contribution in [2.24, 2.45) is 0 Å². The number of fused-ring (bicyclic) bond motifs is 3. The first kappa shape index (κ1) is 20.5. The Hall–Kier alpha value is -3.43. The first-order valence-electron chi connectivity index (χ1n) is 10.0. The van der Waals surface area contributed by atoms with Crippen LogP contribution in [0, 0.1) is 0 Å². The Labute approximate surface area is 184 Å². The molecule has 0 spiro atoms. The molecule has 1 aromatic heterocycles. The van der Waals surface area contributed by atoms with E-state index in [2.05, 4.69) is 0 Å². The van der Waals surface area contributed by atoms with E-state index in [1.807, 2.05) is 30.3 Å². The molecule has 0 amide bonds. The number of aromatic carboxylic acids is 1. The van der Waals surface area contributed by atoms with Gasteiger partial charge in [0.15, 0.2) is 15.2 Å². The molecule has 32 heavy (non-hydrogen) atoms. The summed E-state index contributed by atoms with van der Waals surface area (Å²) < 4.78 is 32.6. The van der Waals surface area contributed by atoms with E-state index in [0.29, 0.717) is 23.4 Å². The Kier molecular flexibility index (Phi) is 4.68. The molecule has 1 N–H and O–H groups in total. The van der Waals surface area contributed by atoms with Crippen molar-refractivity contribution in [2.75, 3.05) is 18.6 Å². The van der Waals surface area contributed by atoms with Crippen LogP contribution < -0.4 is 4.90 Å². The van der Waals surface area contributed by atoms with Gasteiger partial charge in [-0.25, -0.2) is 13.2 Å². The molecule has 5 rings (SSSR count). The standard InChI is InChI=1S/C23H20N2O6S/c1-31-18-12-25-20-17(13-32(29,30)22(18)25)11-24(19(20)14-5-3-2-4-6-14)21(26)15-7-9-16(10-8-15)23(27)28/h2-11,18,22H,12-13H2,1H3,(H,27,28). The fourth-order valence-electron chi connectivity index (χ4n) is 4.49. The number of benzene rings is 2. The van der Waals surface area contributed by atoms with Crippen LogP contribution in [0.2, 0.25) is 0 Å². The lowest BCUT2D eigenvalue weighted by molar-refractivity contribution is 0.0640. The van der Waals surface area contributed by atoms with Crippen LogP contribution >= 0.6 is 0 Å². The molecule has 2 aliphatic heterocycles. The SMILES string of the molecule is COC1CN2c3c(cn(C(=O)c4ccc(C(=O)O)cc4)c3-c3ccccc3)CS(=O)(=O)C12. The molecule has 0 saturated carbocycles. The molecule has 3 aromatic rings. The number of anilines is 1. The number of hydrogen-bond donors (Lipinski definition) is 1. The number of ether oxygens (including phenoxy) is 1. The topological polar surface area (TPSA) is 106 Å². The first-order chi connectivity index (χ1) is 15.3. The van der Waals surface area contributed by atoms with Crippen LogP contribution in [0.25, 0.3) is 11.3 Å². The summed E-state index contributed by atoms with van der Waals surface area (Å²) in [5.41, 5.74) is 3.06. The number of rotatable bonds is 4. The summed E-state index contributed by atoms with van der Waals surface area (Å²) in [6, 6.07) is 15.0. The van der Waals surface area contributed by atoms with Crippen LogP contribution in [0.4, 0.5) is 5.69 Å². The fourth-order valence-corrected chi connectivity index (χ4v) is 6.54. The van der Waals surface area contributed by atoms with Gasteiger partial charge in [-0.1, -0.05) is 30.3 Å². The number of carboxylic acids is 1. The maximum atomic E-state index is 13.5. The summed E-state index contributed by atoms with van der Waals surface area (Å²) in [6.45, 7) is 0.415. The molecule has 0 aliphatic carbocycles. The summed E-state index contributed by atoms with van der Waals surface area (Å²) in [5.74, 6) is -1.62. The predicted molar refractivity (Wildman–Crippen MR) is 118 cm³/mol. The van der Waals surface area contributed by atoms with Gasteiger partial charge in [-0.15, -0.1) is 0 Å². The molecule has 0 radical (unpaired) electrons. The maximum Gasteiger partial charge on any atom is 0.335 e. The van der Waals surface area contributed by atoms with Crippen LogP contribution in [0.1, 0.15) is 26.3 Å². The van der Waals surface area contributed by atoms with Crippen LogP contribution in [0.5, 0.6) is 0 Å². The zero-order valence-electron chi connectivity index (χ0n) is 17.1. The van der Waals surface area contributed by atoms with Crippen molar-refractivity contribution in [3.05, 3.63) is 77.5 Å². The molecule has 0 bridgehead atoms. The van der Waals surface area contributed by atoms with Gasteiger partial charge in [0.2, 0.25) is 0 Å². The third-order valence-corrected chi connectivity index (χ3v) is 8.02. The number of carbonyl (C=O) groups is 2. The van der Waals surface area contributed by atoms with Crippen LogP contribution in [-0.4, -0.2) is 55.1 Å². The molecule has 3 heterocycles. The maximum absolute atomic E-state index is 13.5. The lowest BCUT2D eigenvalue weighted by Gasteiger charge is -2.50. The molecule has 2 atom stereocenters. The number of carbonyl (C=O) groups excluding carboxylic acids is 1. The average molecular weight is 452 g/mol. The third kappa shape index (κ3) is 3.04. The van der Waals surface area contributed by atoms with Crippen molar-refractivity contribution in [3.8, 4) is 11.3 Å². The summed E-state index contributed by atoms with van der Waals surface area (Å²) in [6.07, 6.45) is 1.17. The van der Waals surface area contributed by atoms with Crippen LogP contribution in [0.3, 0.4) is 0 Å². The Balaban J connectivity index is 1.67. The van der Waals surface area contributed by atoms with E-state index in [9.17, 15) is 18.0 Å². The highest BCUT2D eigenvalue weighted by Gasteiger charge is 2.53. The Morgan fingerprint density at radius 3 is 2.31 bits per heavy atom. The lowest BCUT2D eigenvalue weighted by Crippen LogP contribution is -2.66. The Morgan fingerprint density at radius 2 is 1.69 bits per heavy atom. The summed E-state index contributed by atoms with van der Waals surface area (Å²) in [7, 11) is -1.98. The van der Waals surface area contributed by atoms with Crippen LogP contribution in [-0.2, 0) is 20.3 Å². The van der Waals surface area contributed by atoms with Gasteiger partial charge in [-0.05, 0) is 24.3 Å². The fraction of sp³-hybridized carbons (Fsp3) is 0.217. The highest BCUT2D eigenvalue weighted by atomic mass is 32.2. The van der Waals surface area contributed by atoms with E-state index in [1.165, 1.54) is 35.9 Å². The minimum atomic E-state index is -3.48. The van der Waals surface area contributed by atoms with Gasteiger partial charge in [0, 0.05) is 36.5 Å². The second-order valence-electron chi connectivity index (χ2n) is 7.90. The number of hydrogen-bond acceptors (Lipinski definition) is 6. The lowest BCUT2D eigenvalue weighted by atomic mass is 10.0. The highest BCUT2D eigenvalue weighted by molar-refractivity contribution is 7.91. The monoisotopic (exact) mass is 452 g/mol. The van der Waals surface area contributed by atoms with Crippen molar-refractivity contribution in [2.45, 2.75) is 17.2 Å². The molecule has 2 aliphatic rings. The van der Waals surface area contributed by atoms with Gasteiger partial charge < -0.3 is 14.7 Å².